The second-order valence-corrected chi connectivity index (χ2v) is 8.75. The first-order valence-corrected chi connectivity index (χ1v) is 11.3. The Labute approximate surface area is 191 Å². The molecule has 0 aliphatic carbocycles. The van der Waals surface area contributed by atoms with Crippen molar-refractivity contribution in [3.05, 3.63) is 84.4 Å². The van der Waals surface area contributed by atoms with Crippen molar-refractivity contribution >= 4 is 56.5 Å². The summed E-state index contributed by atoms with van der Waals surface area (Å²) in [6.45, 7) is 0. The van der Waals surface area contributed by atoms with E-state index in [0.717, 1.165) is 0 Å². The number of hydrogen-bond donors (Lipinski definition) is 4. The molecule has 32 heavy (non-hydrogen) atoms. The van der Waals surface area contributed by atoms with E-state index in [1.54, 1.807) is 60.7 Å². The Hall–Kier alpha value is -3.76. The number of sulfonamides is 1. The maximum atomic E-state index is 12.7. The second-order valence-electron chi connectivity index (χ2n) is 6.58. The quantitative estimate of drug-likeness (QED) is 0.156. The van der Waals surface area contributed by atoms with Crippen LogP contribution in [0.25, 0.3) is 0 Å². The van der Waals surface area contributed by atoms with E-state index in [4.69, 9.17) is 12.2 Å². The first-order chi connectivity index (χ1) is 15.4. The van der Waals surface area contributed by atoms with Crippen LogP contribution in [0, 0.1) is 0 Å². The van der Waals surface area contributed by atoms with Gasteiger partial charge in [-0.25, -0.2) is 8.42 Å². The van der Waals surface area contributed by atoms with E-state index in [2.05, 4.69) is 20.9 Å². The predicted molar refractivity (Wildman–Crippen MR) is 128 cm³/mol. The van der Waals surface area contributed by atoms with Gasteiger partial charge in [-0.1, -0.05) is 54.7 Å². The summed E-state index contributed by atoms with van der Waals surface area (Å²) < 4.78 is 28.0. The van der Waals surface area contributed by atoms with Crippen molar-refractivity contribution in [3.63, 3.8) is 0 Å². The van der Waals surface area contributed by atoms with Crippen LogP contribution in [0.3, 0.4) is 0 Å². The lowest BCUT2D eigenvalue weighted by Crippen LogP contribution is -2.21. The van der Waals surface area contributed by atoms with E-state index in [-0.39, 0.29) is 22.8 Å². The van der Waals surface area contributed by atoms with Crippen LogP contribution in [0.5, 0.6) is 0 Å². The summed E-state index contributed by atoms with van der Waals surface area (Å²) in [5, 5.41) is 2.95. The predicted octanol–water partition coefficient (Wildman–Crippen LogP) is 3.57. The fourth-order valence-corrected chi connectivity index (χ4v) is 4.12. The van der Waals surface area contributed by atoms with E-state index < -0.39 is 10.0 Å². The van der Waals surface area contributed by atoms with Crippen LogP contribution < -0.4 is 20.9 Å². The maximum absolute atomic E-state index is 12.7. The molecule has 0 spiro atoms. The Morgan fingerprint density at radius 1 is 0.875 bits per heavy atom. The Morgan fingerprint density at radius 3 is 2.16 bits per heavy atom. The molecule has 0 saturated carbocycles. The van der Waals surface area contributed by atoms with Gasteiger partial charge in [0.2, 0.25) is 6.41 Å². The Kier molecular flexibility index (Phi) is 7.53. The molecule has 0 atom stereocenters. The van der Waals surface area contributed by atoms with E-state index in [9.17, 15) is 18.0 Å². The molecule has 0 unspecified atom stereocenters. The van der Waals surface area contributed by atoms with Crippen LogP contribution in [0.15, 0.2) is 83.8 Å². The highest BCUT2D eigenvalue weighted by Gasteiger charge is 2.16. The molecular weight excluding hydrogens is 448 g/mol. The average Bonchev–Trinajstić information content (AvgIpc) is 2.79. The number of anilines is 3. The third kappa shape index (κ3) is 6.13. The summed E-state index contributed by atoms with van der Waals surface area (Å²) in [4.78, 5) is 23.1. The first-order valence-electron chi connectivity index (χ1n) is 9.44. The van der Waals surface area contributed by atoms with Crippen molar-refractivity contribution in [1.82, 2.24) is 5.43 Å². The normalized spacial score (nSPS) is 10.6. The number of hydrogen-bond acceptors (Lipinski definition) is 6. The van der Waals surface area contributed by atoms with Crippen molar-refractivity contribution in [1.29, 1.82) is 0 Å². The van der Waals surface area contributed by atoms with Crippen molar-refractivity contribution in [2.75, 3.05) is 15.5 Å². The van der Waals surface area contributed by atoms with Crippen molar-refractivity contribution < 1.29 is 18.0 Å². The number of Topliss-reactive ketones (excluding diaryl/α,β-unsaturated/α-hetero) is 1. The molecule has 3 aromatic rings. The smallest absolute Gasteiger partial charge is 0.261 e. The lowest BCUT2D eigenvalue weighted by molar-refractivity contribution is -0.109. The molecule has 0 bridgehead atoms. The number of carbonyl (C=O) groups is 2. The minimum absolute atomic E-state index is 0.0347. The summed E-state index contributed by atoms with van der Waals surface area (Å²) in [6.07, 6.45) is 0.481. The topological polar surface area (TPSA) is 116 Å². The van der Waals surface area contributed by atoms with Gasteiger partial charge in [-0.2, -0.15) is 0 Å². The van der Waals surface area contributed by atoms with Gasteiger partial charge in [0, 0.05) is 11.3 Å². The van der Waals surface area contributed by atoms with Crippen LogP contribution in [0.4, 0.5) is 17.1 Å². The Bertz CT molecular complexity index is 1210. The van der Waals surface area contributed by atoms with Crippen LogP contribution in [-0.2, 0) is 14.8 Å². The van der Waals surface area contributed by atoms with Gasteiger partial charge < -0.3 is 5.32 Å². The van der Waals surface area contributed by atoms with Gasteiger partial charge in [0.25, 0.3) is 10.0 Å². The largest absolute Gasteiger partial charge is 0.350 e. The number of carbonyl (C=O) groups excluding carboxylic acids is 2. The summed E-state index contributed by atoms with van der Waals surface area (Å²) in [7, 11) is -3.88. The van der Waals surface area contributed by atoms with Gasteiger partial charge in [-0.15, -0.1) is 0 Å². The van der Waals surface area contributed by atoms with Crippen LogP contribution in [0.1, 0.15) is 16.8 Å². The van der Waals surface area contributed by atoms with E-state index in [0.29, 0.717) is 28.3 Å². The molecule has 0 aliphatic heterocycles. The zero-order valence-electron chi connectivity index (χ0n) is 16.7. The minimum Gasteiger partial charge on any atom is -0.350 e. The van der Waals surface area contributed by atoms with E-state index in [1.165, 1.54) is 12.1 Å². The fraction of sp³-hybridized carbons (Fsp3) is 0.0455. The lowest BCUT2D eigenvalue weighted by atomic mass is 10.1. The molecule has 4 N–H and O–H groups in total. The lowest BCUT2D eigenvalue weighted by Gasteiger charge is -2.14. The molecule has 0 fully saturated rings. The van der Waals surface area contributed by atoms with Gasteiger partial charge in [0.15, 0.2) is 5.78 Å². The number of amides is 1. The zero-order chi connectivity index (χ0) is 23.0. The summed E-state index contributed by atoms with van der Waals surface area (Å²) >= 11 is 5.25. The van der Waals surface area contributed by atoms with Gasteiger partial charge in [0.1, 0.15) is 0 Å². The number of benzene rings is 3. The number of thiocarbonyl (C=S) groups is 1. The molecule has 10 heteroatoms. The standard InChI is InChI=1S/C22H20N4O4S2/c27-15-23-25-19-8-4-5-9-20(19)26-32(29,30)18-12-10-17(11-13-18)24-22(31)14-21(28)16-6-2-1-3-7-16/h1-13,15,25-26H,14H2,(H,23,27)(H,24,31). The molecule has 0 aromatic heterocycles. The Balaban J connectivity index is 1.65. The van der Waals surface area contributed by atoms with Crippen molar-refractivity contribution in [2.24, 2.45) is 0 Å². The summed E-state index contributed by atoms with van der Waals surface area (Å²) in [5.41, 5.74) is 6.65. The van der Waals surface area contributed by atoms with E-state index >= 15 is 0 Å². The molecule has 3 rings (SSSR count). The fourth-order valence-electron chi connectivity index (χ4n) is 2.79. The molecule has 0 aliphatic rings. The SMILES string of the molecule is O=CNNc1ccccc1NS(=O)(=O)c1ccc(NC(=S)CC(=O)c2ccccc2)cc1. The molecule has 3 aromatic carbocycles. The molecule has 8 nitrogen and oxygen atoms in total. The van der Waals surface area contributed by atoms with Crippen LogP contribution >= 0.6 is 12.2 Å². The zero-order valence-corrected chi connectivity index (χ0v) is 18.4. The highest BCUT2D eigenvalue weighted by atomic mass is 32.2. The van der Waals surface area contributed by atoms with Gasteiger partial charge >= 0.3 is 0 Å². The minimum atomic E-state index is -3.88. The highest BCUT2D eigenvalue weighted by Crippen LogP contribution is 2.24. The third-order valence-electron chi connectivity index (χ3n) is 4.30. The first kappa shape index (κ1) is 22.9. The van der Waals surface area contributed by atoms with Gasteiger partial charge in [0.05, 0.1) is 27.7 Å². The van der Waals surface area contributed by atoms with Crippen molar-refractivity contribution in [2.45, 2.75) is 11.3 Å². The number of rotatable bonds is 10. The maximum Gasteiger partial charge on any atom is 0.261 e. The molecule has 164 valence electrons. The molecule has 0 saturated heterocycles. The Morgan fingerprint density at radius 2 is 1.50 bits per heavy atom. The van der Waals surface area contributed by atoms with Gasteiger partial charge in [-0.3, -0.25) is 25.2 Å². The highest BCUT2D eigenvalue weighted by molar-refractivity contribution is 7.92. The number of nitrogens with one attached hydrogen (secondary N) is 4. The van der Waals surface area contributed by atoms with Crippen molar-refractivity contribution in [3.8, 4) is 0 Å². The number of ketones is 1. The summed E-state index contributed by atoms with van der Waals surface area (Å²) in [5.74, 6) is -0.108. The average molecular weight is 469 g/mol. The molecule has 0 heterocycles. The molecular formula is C22H20N4O4S2. The van der Waals surface area contributed by atoms with Crippen LogP contribution in [0.2, 0.25) is 0 Å². The van der Waals surface area contributed by atoms with E-state index in [1.807, 2.05) is 6.07 Å². The van der Waals surface area contributed by atoms with Crippen LogP contribution in [-0.4, -0.2) is 25.6 Å². The summed E-state index contributed by atoms with van der Waals surface area (Å²) in [6, 6.07) is 21.3. The number of para-hydroxylation sites is 2. The molecule has 0 radical (unpaired) electrons. The molecule has 1 amide bonds. The second kappa shape index (κ2) is 10.5. The number of hydrazine groups is 1. The third-order valence-corrected chi connectivity index (χ3v) is 5.93. The monoisotopic (exact) mass is 468 g/mol. The van der Waals surface area contributed by atoms with Gasteiger partial charge in [-0.05, 0) is 36.4 Å².